The van der Waals surface area contributed by atoms with E-state index in [0.29, 0.717) is 6.54 Å². The van der Waals surface area contributed by atoms with Gasteiger partial charge in [0.1, 0.15) is 0 Å². The molecule has 90 valence electrons. The molecule has 2 rings (SSSR count). The Morgan fingerprint density at radius 1 is 1.24 bits per heavy atom. The van der Waals surface area contributed by atoms with Crippen LogP contribution in [0.25, 0.3) is 5.69 Å². The predicted molar refractivity (Wildman–Crippen MR) is 68.0 cm³/mol. The molecule has 0 saturated heterocycles. The highest BCUT2D eigenvalue weighted by molar-refractivity contribution is 5.44. The van der Waals surface area contributed by atoms with Crippen molar-refractivity contribution in [3.05, 3.63) is 41.7 Å². The number of nitrogens with zero attached hydrogens (tertiary/aromatic N) is 3. The zero-order valence-corrected chi connectivity index (χ0v) is 10.5. The maximum absolute atomic E-state index is 5.55. The van der Waals surface area contributed by atoms with Gasteiger partial charge in [-0.25, -0.2) is 4.68 Å². The van der Waals surface area contributed by atoms with Gasteiger partial charge in [-0.05, 0) is 17.0 Å². The van der Waals surface area contributed by atoms with Gasteiger partial charge in [0.15, 0.2) is 0 Å². The molecule has 0 amide bonds. The third kappa shape index (κ3) is 2.36. The normalized spacial score (nSPS) is 11.8. The summed E-state index contributed by atoms with van der Waals surface area (Å²) in [5, 5.41) is 8.14. The van der Waals surface area contributed by atoms with Gasteiger partial charge in [0.25, 0.3) is 0 Å². The van der Waals surface area contributed by atoms with E-state index in [9.17, 15) is 0 Å². The minimum atomic E-state index is 0.0748. The molecule has 0 bridgehead atoms. The van der Waals surface area contributed by atoms with Crippen molar-refractivity contribution in [1.82, 2.24) is 15.0 Å². The summed E-state index contributed by atoms with van der Waals surface area (Å²) in [6.07, 6.45) is 1.88. The zero-order chi connectivity index (χ0) is 12.5. The number of para-hydroxylation sites is 1. The van der Waals surface area contributed by atoms with Crippen molar-refractivity contribution in [3.8, 4) is 5.69 Å². The smallest absolute Gasteiger partial charge is 0.0967 e. The van der Waals surface area contributed by atoms with Crippen LogP contribution in [0.1, 0.15) is 32.0 Å². The lowest BCUT2D eigenvalue weighted by molar-refractivity contribution is 0.582. The van der Waals surface area contributed by atoms with Gasteiger partial charge in [0.2, 0.25) is 0 Å². The SMILES string of the molecule is CC(C)(C)c1ccccc1-n1cc(CN)nn1. The lowest BCUT2D eigenvalue weighted by Gasteiger charge is -2.22. The molecule has 1 heterocycles. The summed E-state index contributed by atoms with van der Waals surface area (Å²) >= 11 is 0. The van der Waals surface area contributed by atoms with Crippen molar-refractivity contribution in [2.45, 2.75) is 32.7 Å². The molecule has 0 unspecified atom stereocenters. The zero-order valence-electron chi connectivity index (χ0n) is 10.5. The highest BCUT2D eigenvalue weighted by atomic mass is 15.4. The number of nitrogens with two attached hydrogens (primary N) is 1. The second kappa shape index (κ2) is 4.30. The van der Waals surface area contributed by atoms with Gasteiger partial charge in [-0.2, -0.15) is 0 Å². The lowest BCUT2D eigenvalue weighted by atomic mass is 9.86. The largest absolute Gasteiger partial charge is 0.325 e. The second-order valence-electron chi connectivity index (χ2n) is 5.13. The van der Waals surface area contributed by atoms with Crippen LogP contribution in [0.4, 0.5) is 0 Å². The summed E-state index contributed by atoms with van der Waals surface area (Å²) in [5.41, 5.74) is 8.73. The van der Waals surface area contributed by atoms with E-state index in [1.165, 1.54) is 5.56 Å². The molecule has 0 aliphatic heterocycles. The minimum absolute atomic E-state index is 0.0748. The first-order valence-electron chi connectivity index (χ1n) is 5.73. The van der Waals surface area contributed by atoms with Gasteiger partial charge < -0.3 is 5.73 Å². The maximum atomic E-state index is 5.55. The highest BCUT2D eigenvalue weighted by Crippen LogP contribution is 2.27. The molecule has 0 fully saturated rings. The molecule has 1 aromatic heterocycles. The van der Waals surface area contributed by atoms with E-state index in [1.807, 2.05) is 18.3 Å². The van der Waals surface area contributed by atoms with Crippen LogP contribution < -0.4 is 5.73 Å². The standard InChI is InChI=1S/C13H18N4/c1-13(2,3)11-6-4-5-7-12(11)17-9-10(8-14)15-16-17/h4-7,9H,8,14H2,1-3H3. The fourth-order valence-corrected chi connectivity index (χ4v) is 1.82. The Bertz CT molecular complexity index is 508. The molecule has 0 atom stereocenters. The first-order chi connectivity index (χ1) is 8.02. The summed E-state index contributed by atoms with van der Waals surface area (Å²) in [6.45, 7) is 6.98. The molecular weight excluding hydrogens is 212 g/mol. The number of hydrogen-bond acceptors (Lipinski definition) is 3. The summed E-state index contributed by atoms with van der Waals surface area (Å²) < 4.78 is 1.79. The van der Waals surface area contributed by atoms with Crippen molar-refractivity contribution >= 4 is 0 Å². The molecule has 0 spiro atoms. The molecule has 0 aliphatic rings. The van der Waals surface area contributed by atoms with Crippen molar-refractivity contribution < 1.29 is 0 Å². The van der Waals surface area contributed by atoms with E-state index in [0.717, 1.165) is 11.4 Å². The van der Waals surface area contributed by atoms with E-state index < -0.39 is 0 Å². The van der Waals surface area contributed by atoms with Crippen LogP contribution in [0.5, 0.6) is 0 Å². The molecular formula is C13H18N4. The van der Waals surface area contributed by atoms with E-state index in [4.69, 9.17) is 5.73 Å². The predicted octanol–water partition coefficient (Wildman–Crippen LogP) is 2.02. The van der Waals surface area contributed by atoms with Gasteiger partial charge in [0.05, 0.1) is 17.6 Å². The molecule has 4 nitrogen and oxygen atoms in total. The molecule has 2 N–H and O–H groups in total. The Kier molecular flexibility index (Phi) is 2.98. The monoisotopic (exact) mass is 230 g/mol. The molecule has 0 radical (unpaired) electrons. The van der Waals surface area contributed by atoms with Crippen molar-refractivity contribution in [2.75, 3.05) is 0 Å². The van der Waals surface area contributed by atoms with E-state index in [2.05, 4.69) is 43.2 Å². The van der Waals surface area contributed by atoms with Crippen molar-refractivity contribution in [3.63, 3.8) is 0 Å². The Labute approximate surface area is 101 Å². The average molecular weight is 230 g/mol. The van der Waals surface area contributed by atoms with Crippen LogP contribution >= 0.6 is 0 Å². The topological polar surface area (TPSA) is 56.7 Å². The Hall–Kier alpha value is -1.68. The van der Waals surface area contributed by atoms with Gasteiger partial charge in [-0.15, -0.1) is 5.10 Å². The number of benzene rings is 1. The van der Waals surface area contributed by atoms with Gasteiger partial charge in [-0.3, -0.25) is 0 Å². The fraction of sp³-hybridized carbons (Fsp3) is 0.385. The van der Waals surface area contributed by atoms with E-state index >= 15 is 0 Å². The molecule has 1 aromatic carbocycles. The van der Waals surface area contributed by atoms with Crippen molar-refractivity contribution in [2.24, 2.45) is 5.73 Å². The number of rotatable bonds is 2. The lowest BCUT2D eigenvalue weighted by Crippen LogP contribution is -2.15. The Balaban J connectivity index is 2.52. The second-order valence-corrected chi connectivity index (χ2v) is 5.13. The fourth-order valence-electron chi connectivity index (χ4n) is 1.82. The van der Waals surface area contributed by atoms with Gasteiger partial charge >= 0.3 is 0 Å². The van der Waals surface area contributed by atoms with Crippen LogP contribution in [0, 0.1) is 0 Å². The molecule has 2 aromatic rings. The molecule has 4 heteroatoms. The summed E-state index contributed by atoms with van der Waals surface area (Å²) in [7, 11) is 0. The van der Waals surface area contributed by atoms with E-state index in [-0.39, 0.29) is 5.41 Å². The number of aromatic nitrogens is 3. The van der Waals surface area contributed by atoms with Crippen LogP contribution in [-0.4, -0.2) is 15.0 Å². The van der Waals surface area contributed by atoms with Gasteiger partial charge in [0, 0.05) is 6.54 Å². The minimum Gasteiger partial charge on any atom is -0.325 e. The molecule has 17 heavy (non-hydrogen) atoms. The first-order valence-corrected chi connectivity index (χ1v) is 5.73. The van der Waals surface area contributed by atoms with Crippen LogP contribution in [0.2, 0.25) is 0 Å². The third-order valence-electron chi connectivity index (χ3n) is 2.71. The third-order valence-corrected chi connectivity index (χ3v) is 2.71. The van der Waals surface area contributed by atoms with E-state index in [1.54, 1.807) is 4.68 Å². The maximum Gasteiger partial charge on any atom is 0.0967 e. The van der Waals surface area contributed by atoms with Gasteiger partial charge in [-0.1, -0.05) is 44.2 Å². The highest BCUT2D eigenvalue weighted by Gasteiger charge is 2.18. The first kappa shape index (κ1) is 11.8. The Morgan fingerprint density at radius 3 is 2.53 bits per heavy atom. The van der Waals surface area contributed by atoms with Crippen LogP contribution in [-0.2, 0) is 12.0 Å². The van der Waals surface area contributed by atoms with Crippen molar-refractivity contribution in [1.29, 1.82) is 0 Å². The molecule has 0 aliphatic carbocycles. The van der Waals surface area contributed by atoms with Crippen LogP contribution in [0.15, 0.2) is 30.5 Å². The summed E-state index contributed by atoms with van der Waals surface area (Å²) in [6, 6.07) is 8.23. The quantitative estimate of drug-likeness (QED) is 0.858. The average Bonchev–Trinajstić information content (AvgIpc) is 2.76. The summed E-state index contributed by atoms with van der Waals surface area (Å²) in [4.78, 5) is 0. The molecule has 0 saturated carbocycles. The Morgan fingerprint density at radius 2 is 1.94 bits per heavy atom. The summed E-state index contributed by atoms with van der Waals surface area (Å²) in [5.74, 6) is 0. The van der Waals surface area contributed by atoms with Crippen LogP contribution in [0.3, 0.4) is 0 Å². The number of hydrogen-bond donors (Lipinski definition) is 1.